The Morgan fingerprint density at radius 2 is 2.20 bits per heavy atom. The number of ether oxygens (including phenoxy) is 1. The number of nitrogens with zero attached hydrogens (tertiary/aromatic N) is 1. The molecule has 4 heteroatoms. The molecule has 15 heavy (non-hydrogen) atoms. The Bertz CT molecular complexity index is 223. The van der Waals surface area contributed by atoms with Crippen molar-refractivity contribution in [2.75, 3.05) is 26.2 Å². The summed E-state index contributed by atoms with van der Waals surface area (Å²) in [5, 5.41) is 0. The van der Waals surface area contributed by atoms with Crippen molar-refractivity contribution in [3.63, 3.8) is 0 Å². The molecule has 0 saturated carbocycles. The third-order valence-electron chi connectivity index (χ3n) is 2.37. The van der Waals surface area contributed by atoms with Crippen molar-refractivity contribution < 1.29 is 9.53 Å². The lowest BCUT2D eigenvalue weighted by Gasteiger charge is -2.36. The second-order valence-corrected chi connectivity index (χ2v) is 5.35. The Labute approximate surface area is 91.8 Å². The zero-order valence-corrected chi connectivity index (χ0v) is 9.95. The summed E-state index contributed by atoms with van der Waals surface area (Å²) < 4.78 is 5.40. The van der Waals surface area contributed by atoms with Gasteiger partial charge < -0.3 is 15.4 Å². The first-order valence-corrected chi connectivity index (χ1v) is 5.52. The van der Waals surface area contributed by atoms with Gasteiger partial charge in [-0.2, -0.15) is 0 Å². The Kier molecular flexibility index (Phi) is 4.11. The summed E-state index contributed by atoms with van der Waals surface area (Å²) in [7, 11) is 0. The topological polar surface area (TPSA) is 55.6 Å². The first kappa shape index (κ1) is 12.5. The van der Waals surface area contributed by atoms with Crippen LogP contribution < -0.4 is 5.73 Å². The van der Waals surface area contributed by atoms with Gasteiger partial charge in [-0.1, -0.05) is 20.8 Å². The number of hydrogen-bond acceptors (Lipinski definition) is 3. The Morgan fingerprint density at radius 3 is 2.73 bits per heavy atom. The SMILES string of the molecule is CC(C)(C)CN1CC(CCN)OCC1=O. The van der Waals surface area contributed by atoms with Crippen LogP contribution in [0.2, 0.25) is 0 Å². The summed E-state index contributed by atoms with van der Waals surface area (Å²) in [6.45, 7) is 8.70. The number of nitrogens with two attached hydrogens (primary N) is 1. The molecule has 1 aliphatic rings. The van der Waals surface area contributed by atoms with E-state index in [1.165, 1.54) is 0 Å². The molecule has 1 saturated heterocycles. The van der Waals surface area contributed by atoms with Gasteiger partial charge in [0.25, 0.3) is 0 Å². The van der Waals surface area contributed by atoms with Crippen LogP contribution in [0.5, 0.6) is 0 Å². The van der Waals surface area contributed by atoms with Crippen LogP contribution in [0.25, 0.3) is 0 Å². The van der Waals surface area contributed by atoms with E-state index in [4.69, 9.17) is 10.5 Å². The molecule has 1 fully saturated rings. The smallest absolute Gasteiger partial charge is 0.248 e. The minimum atomic E-state index is 0.0956. The van der Waals surface area contributed by atoms with Crippen LogP contribution in [0.4, 0.5) is 0 Å². The zero-order valence-electron chi connectivity index (χ0n) is 9.95. The fourth-order valence-electron chi connectivity index (χ4n) is 1.77. The lowest BCUT2D eigenvalue weighted by Crippen LogP contribution is -2.49. The van der Waals surface area contributed by atoms with Crippen molar-refractivity contribution in [2.24, 2.45) is 11.1 Å². The fourth-order valence-corrected chi connectivity index (χ4v) is 1.77. The van der Waals surface area contributed by atoms with Crippen LogP contribution in [-0.2, 0) is 9.53 Å². The van der Waals surface area contributed by atoms with Crippen LogP contribution >= 0.6 is 0 Å². The molecule has 0 spiro atoms. The van der Waals surface area contributed by atoms with Gasteiger partial charge in [-0.15, -0.1) is 0 Å². The van der Waals surface area contributed by atoms with Crippen molar-refractivity contribution >= 4 is 5.91 Å². The zero-order chi connectivity index (χ0) is 11.5. The molecule has 0 aliphatic carbocycles. The lowest BCUT2D eigenvalue weighted by molar-refractivity contribution is -0.150. The largest absolute Gasteiger partial charge is 0.367 e. The molecule has 1 unspecified atom stereocenters. The van der Waals surface area contributed by atoms with E-state index in [1.54, 1.807) is 0 Å². The minimum Gasteiger partial charge on any atom is -0.367 e. The molecule has 0 aromatic rings. The maximum Gasteiger partial charge on any atom is 0.248 e. The lowest BCUT2D eigenvalue weighted by atomic mass is 9.95. The number of carbonyl (C=O) groups excluding carboxylic acids is 1. The van der Waals surface area contributed by atoms with Gasteiger partial charge in [0.1, 0.15) is 6.61 Å². The highest BCUT2D eigenvalue weighted by molar-refractivity contribution is 5.78. The van der Waals surface area contributed by atoms with Gasteiger partial charge in [0.15, 0.2) is 0 Å². The highest BCUT2D eigenvalue weighted by atomic mass is 16.5. The van der Waals surface area contributed by atoms with Gasteiger partial charge >= 0.3 is 0 Å². The fraction of sp³-hybridized carbons (Fsp3) is 0.909. The van der Waals surface area contributed by atoms with Crippen molar-refractivity contribution in [1.29, 1.82) is 0 Å². The highest BCUT2D eigenvalue weighted by Crippen LogP contribution is 2.18. The van der Waals surface area contributed by atoms with Crippen molar-refractivity contribution in [1.82, 2.24) is 4.90 Å². The molecule has 1 amide bonds. The number of carbonyl (C=O) groups is 1. The Morgan fingerprint density at radius 1 is 1.53 bits per heavy atom. The van der Waals surface area contributed by atoms with E-state index in [0.29, 0.717) is 13.1 Å². The average molecular weight is 214 g/mol. The van der Waals surface area contributed by atoms with Gasteiger partial charge in [0.05, 0.1) is 6.10 Å². The second-order valence-electron chi connectivity index (χ2n) is 5.35. The van der Waals surface area contributed by atoms with E-state index < -0.39 is 0 Å². The van der Waals surface area contributed by atoms with Gasteiger partial charge in [0, 0.05) is 13.1 Å². The van der Waals surface area contributed by atoms with Crippen molar-refractivity contribution in [3.8, 4) is 0 Å². The molecule has 0 aromatic heterocycles. The number of amides is 1. The molecule has 1 heterocycles. The quantitative estimate of drug-likeness (QED) is 0.749. The monoisotopic (exact) mass is 214 g/mol. The van der Waals surface area contributed by atoms with E-state index in [-0.39, 0.29) is 24.0 Å². The number of hydrogen-bond donors (Lipinski definition) is 1. The average Bonchev–Trinajstić information content (AvgIpc) is 2.09. The molecular weight excluding hydrogens is 192 g/mol. The molecule has 88 valence electrons. The van der Waals surface area contributed by atoms with E-state index in [9.17, 15) is 4.79 Å². The summed E-state index contributed by atoms with van der Waals surface area (Å²) >= 11 is 0. The van der Waals surface area contributed by atoms with Crippen LogP contribution in [0, 0.1) is 5.41 Å². The highest BCUT2D eigenvalue weighted by Gasteiger charge is 2.28. The van der Waals surface area contributed by atoms with E-state index in [2.05, 4.69) is 20.8 Å². The molecule has 0 bridgehead atoms. The van der Waals surface area contributed by atoms with Gasteiger partial charge in [-0.25, -0.2) is 0 Å². The Balaban J connectivity index is 2.50. The molecule has 1 rings (SSSR count). The summed E-state index contributed by atoms with van der Waals surface area (Å²) in [5.41, 5.74) is 5.62. The Hall–Kier alpha value is -0.610. The van der Waals surface area contributed by atoms with Gasteiger partial charge in [0.2, 0.25) is 5.91 Å². The molecule has 0 aromatic carbocycles. The van der Waals surface area contributed by atoms with Crippen LogP contribution in [0.1, 0.15) is 27.2 Å². The van der Waals surface area contributed by atoms with Crippen LogP contribution in [-0.4, -0.2) is 43.2 Å². The maximum atomic E-state index is 11.6. The molecule has 1 aliphatic heterocycles. The second kappa shape index (κ2) is 4.94. The third-order valence-corrected chi connectivity index (χ3v) is 2.37. The van der Waals surface area contributed by atoms with Gasteiger partial charge in [-0.3, -0.25) is 4.79 Å². The van der Waals surface area contributed by atoms with Gasteiger partial charge in [-0.05, 0) is 18.4 Å². The standard InChI is InChI=1S/C11H22N2O2/c1-11(2,3)8-13-6-9(4-5-12)15-7-10(13)14/h9H,4-8,12H2,1-3H3. The summed E-state index contributed by atoms with van der Waals surface area (Å²) in [6, 6.07) is 0. The predicted molar refractivity (Wildman–Crippen MR) is 59.4 cm³/mol. The normalized spacial score (nSPS) is 23.3. The van der Waals surface area contributed by atoms with E-state index >= 15 is 0 Å². The first-order valence-electron chi connectivity index (χ1n) is 5.52. The molecular formula is C11H22N2O2. The third kappa shape index (κ3) is 4.18. The minimum absolute atomic E-state index is 0.0956. The molecule has 2 N–H and O–H groups in total. The summed E-state index contributed by atoms with van der Waals surface area (Å²) in [5.74, 6) is 0.0956. The molecule has 4 nitrogen and oxygen atoms in total. The first-order chi connectivity index (χ1) is 6.92. The van der Waals surface area contributed by atoms with Crippen LogP contribution in [0.3, 0.4) is 0 Å². The number of rotatable bonds is 3. The number of morpholine rings is 1. The van der Waals surface area contributed by atoms with Crippen molar-refractivity contribution in [2.45, 2.75) is 33.3 Å². The van der Waals surface area contributed by atoms with Crippen LogP contribution in [0.15, 0.2) is 0 Å². The summed E-state index contributed by atoms with van der Waals surface area (Å²) in [6.07, 6.45) is 0.948. The predicted octanol–water partition coefficient (Wildman–Crippen LogP) is 0.609. The molecule has 0 radical (unpaired) electrons. The molecule has 1 atom stereocenters. The van der Waals surface area contributed by atoms with E-state index in [1.807, 2.05) is 4.90 Å². The van der Waals surface area contributed by atoms with E-state index in [0.717, 1.165) is 13.0 Å². The maximum absolute atomic E-state index is 11.6. The van der Waals surface area contributed by atoms with Crippen molar-refractivity contribution in [3.05, 3.63) is 0 Å². The summed E-state index contributed by atoms with van der Waals surface area (Å²) in [4.78, 5) is 13.5.